The van der Waals surface area contributed by atoms with Crippen molar-refractivity contribution in [2.75, 3.05) is 0 Å². The smallest absolute Gasteiger partial charge is 0.282 e. The molecular formula is C26H36O3S. The fourth-order valence-electron chi connectivity index (χ4n) is 3.66. The highest BCUT2D eigenvalue weighted by Gasteiger charge is 2.16. The molecule has 164 valence electrons. The lowest BCUT2D eigenvalue weighted by atomic mass is 10.0. The first-order valence-electron chi connectivity index (χ1n) is 11.3. The van der Waals surface area contributed by atoms with Crippen LogP contribution in [0.4, 0.5) is 0 Å². The van der Waals surface area contributed by atoms with Crippen LogP contribution in [0, 0.1) is 0 Å². The zero-order valence-corrected chi connectivity index (χ0v) is 19.0. The molecule has 0 aliphatic heterocycles. The molecule has 2 aromatic rings. The predicted octanol–water partition coefficient (Wildman–Crippen LogP) is 7.54. The average Bonchev–Trinajstić information content (AvgIpc) is 2.74. The first-order valence-corrected chi connectivity index (χ1v) is 12.8. The van der Waals surface area contributed by atoms with Crippen molar-refractivity contribution >= 4 is 21.1 Å². The fraction of sp³-hybridized carbons (Fsp3) is 0.462. The molecule has 2 rings (SSSR count). The van der Waals surface area contributed by atoms with Crippen LogP contribution in [0.3, 0.4) is 0 Å². The maximum absolute atomic E-state index is 11.9. The van der Waals surface area contributed by atoms with Crippen LogP contribution in [0.5, 0.6) is 0 Å². The molecule has 0 aliphatic carbocycles. The minimum absolute atomic E-state index is 0.0702. The third kappa shape index (κ3) is 9.27. The molecule has 0 saturated carbocycles. The molecule has 0 saturated heterocycles. The van der Waals surface area contributed by atoms with Crippen molar-refractivity contribution in [3.63, 3.8) is 0 Å². The van der Waals surface area contributed by atoms with E-state index < -0.39 is 10.1 Å². The van der Waals surface area contributed by atoms with Gasteiger partial charge < -0.3 is 0 Å². The van der Waals surface area contributed by atoms with Crippen LogP contribution in [0.2, 0.25) is 0 Å². The van der Waals surface area contributed by atoms with Gasteiger partial charge in [-0.3, -0.25) is 4.55 Å². The van der Waals surface area contributed by atoms with Crippen molar-refractivity contribution in [3.05, 3.63) is 71.3 Å². The van der Waals surface area contributed by atoms with E-state index in [4.69, 9.17) is 0 Å². The van der Waals surface area contributed by atoms with E-state index in [0.717, 1.165) is 18.4 Å². The maximum Gasteiger partial charge on any atom is 0.295 e. The monoisotopic (exact) mass is 428 g/mol. The van der Waals surface area contributed by atoms with Crippen molar-refractivity contribution in [1.82, 2.24) is 0 Å². The first-order chi connectivity index (χ1) is 14.5. The summed E-state index contributed by atoms with van der Waals surface area (Å²) < 4.78 is 33.4. The predicted molar refractivity (Wildman–Crippen MR) is 128 cm³/mol. The maximum atomic E-state index is 11.9. The Hall–Kier alpha value is -1.91. The Morgan fingerprint density at radius 3 is 1.83 bits per heavy atom. The lowest BCUT2D eigenvalue weighted by molar-refractivity contribution is 0.496. The molecule has 3 nitrogen and oxygen atoms in total. The summed E-state index contributed by atoms with van der Waals surface area (Å²) in [7, 11) is -4.31. The summed E-state index contributed by atoms with van der Waals surface area (Å²) >= 11 is 0. The quantitative estimate of drug-likeness (QED) is 0.192. The van der Waals surface area contributed by atoms with Gasteiger partial charge in [0, 0.05) is 0 Å². The van der Waals surface area contributed by atoms with Crippen molar-refractivity contribution < 1.29 is 13.0 Å². The molecule has 0 unspecified atom stereocenters. The fourth-order valence-corrected chi connectivity index (χ4v) is 4.38. The van der Waals surface area contributed by atoms with Crippen molar-refractivity contribution in [2.24, 2.45) is 0 Å². The molecule has 0 fully saturated rings. The van der Waals surface area contributed by atoms with Gasteiger partial charge in [-0.1, -0.05) is 119 Å². The van der Waals surface area contributed by atoms with E-state index in [1.54, 1.807) is 12.1 Å². The van der Waals surface area contributed by atoms with Gasteiger partial charge in [0.25, 0.3) is 10.1 Å². The van der Waals surface area contributed by atoms with Crippen LogP contribution >= 0.6 is 0 Å². The normalized spacial score (nSPS) is 12.3. The number of hydrogen-bond donors (Lipinski definition) is 1. The Kier molecular flexibility index (Phi) is 10.9. The lowest BCUT2D eigenvalue weighted by Crippen LogP contribution is -2.01. The van der Waals surface area contributed by atoms with Gasteiger partial charge in [-0.2, -0.15) is 8.42 Å². The van der Waals surface area contributed by atoms with Crippen LogP contribution in [0.1, 0.15) is 87.8 Å². The zero-order chi connectivity index (χ0) is 21.7. The van der Waals surface area contributed by atoms with E-state index in [1.807, 2.05) is 42.5 Å². The number of aryl methyl sites for hydroxylation is 1. The summed E-state index contributed by atoms with van der Waals surface area (Å²) in [6, 6.07) is 16.7. The standard InChI is InChI=1S/C26H36O3S/c1-2-3-4-5-6-7-8-9-10-12-15-23-18-20-25(21-19-23)26(30(27,28)29)22-24-16-13-11-14-17-24/h11,13-14,16-22H,2-10,12,15H2,1H3,(H,27,28,29). The van der Waals surface area contributed by atoms with Gasteiger partial charge in [-0.05, 0) is 35.6 Å². The van der Waals surface area contributed by atoms with Crippen LogP contribution in [0.25, 0.3) is 11.0 Å². The highest BCUT2D eigenvalue weighted by atomic mass is 32.2. The molecule has 0 radical (unpaired) electrons. The van der Waals surface area contributed by atoms with Gasteiger partial charge in [-0.15, -0.1) is 0 Å². The van der Waals surface area contributed by atoms with Crippen LogP contribution in [0.15, 0.2) is 54.6 Å². The molecule has 4 heteroatoms. The second-order valence-electron chi connectivity index (χ2n) is 8.02. The third-order valence-electron chi connectivity index (χ3n) is 5.43. The molecule has 2 aromatic carbocycles. The third-order valence-corrected chi connectivity index (χ3v) is 6.34. The summed E-state index contributed by atoms with van der Waals surface area (Å²) in [6.45, 7) is 2.25. The topological polar surface area (TPSA) is 54.4 Å². The van der Waals surface area contributed by atoms with E-state index in [1.165, 1.54) is 69.4 Å². The molecule has 0 amide bonds. The molecular weight excluding hydrogens is 392 g/mol. The average molecular weight is 429 g/mol. The van der Waals surface area contributed by atoms with E-state index in [-0.39, 0.29) is 4.91 Å². The molecule has 0 heterocycles. The zero-order valence-electron chi connectivity index (χ0n) is 18.2. The highest BCUT2D eigenvalue weighted by molar-refractivity contribution is 7.95. The second kappa shape index (κ2) is 13.4. The minimum atomic E-state index is -4.31. The van der Waals surface area contributed by atoms with Gasteiger partial charge in [0.15, 0.2) is 0 Å². The summed E-state index contributed by atoms with van der Waals surface area (Å²) in [4.78, 5) is -0.0702. The molecule has 1 N–H and O–H groups in total. The molecule has 0 spiro atoms. The largest absolute Gasteiger partial charge is 0.295 e. The lowest BCUT2D eigenvalue weighted by Gasteiger charge is -2.07. The van der Waals surface area contributed by atoms with E-state index in [9.17, 15) is 13.0 Å². The molecule has 0 bridgehead atoms. The summed E-state index contributed by atoms with van der Waals surface area (Å²) in [5.74, 6) is 0. The SMILES string of the molecule is CCCCCCCCCCCCc1ccc(C(=Cc2ccccc2)S(=O)(=O)O)cc1. The Balaban J connectivity index is 1.80. The van der Waals surface area contributed by atoms with E-state index in [2.05, 4.69) is 6.92 Å². The molecule has 0 atom stereocenters. The Bertz CT molecular complexity index is 853. The van der Waals surface area contributed by atoms with Gasteiger partial charge in [0.05, 0.1) is 0 Å². The number of unbranched alkanes of at least 4 members (excludes halogenated alkanes) is 9. The van der Waals surface area contributed by atoms with Crippen molar-refractivity contribution in [1.29, 1.82) is 0 Å². The van der Waals surface area contributed by atoms with Crippen LogP contribution < -0.4 is 0 Å². The highest BCUT2D eigenvalue weighted by Crippen LogP contribution is 2.24. The van der Waals surface area contributed by atoms with E-state index in [0.29, 0.717) is 5.56 Å². The van der Waals surface area contributed by atoms with Crippen LogP contribution in [-0.4, -0.2) is 13.0 Å². The number of benzene rings is 2. The number of hydrogen-bond acceptors (Lipinski definition) is 2. The summed E-state index contributed by atoms with van der Waals surface area (Å²) in [5, 5.41) is 0. The van der Waals surface area contributed by atoms with Gasteiger partial charge >= 0.3 is 0 Å². The second-order valence-corrected chi connectivity index (χ2v) is 9.41. The summed E-state index contributed by atoms with van der Waals surface area (Å²) in [6.07, 6.45) is 15.7. The van der Waals surface area contributed by atoms with Gasteiger partial charge in [-0.25, -0.2) is 0 Å². The molecule has 0 aromatic heterocycles. The van der Waals surface area contributed by atoms with E-state index >= 15 is 0 Å². The van der Waals surface area contributed by atoms with Crippen molar-refractivity contribution in [3.8, 4) is 0 Å². The van der Waals surface area contributed by atoms with Crippen molar-refractivity contribution in [2.45, 2.75) is 77.6 Å². The van der Waals surface area contributed by atoms with Crippen LogP contribution in [-0.2, 0) is 16.5 Å². The Morgan fingerprint density at radius 1 is 0.767 bits per heavy atom. The number of rotatable bonds is 14. The molecule has 0 aliphatic rings. The first kappa shape index (κ1) is 24.4. The van der Waals surface area contributed by atoms with Gasteiger partial charge in [0.2, 0.25) is 0 Å². The minimum Gasteiger partial charge on any atom is -0.282 e. The van der Waals surface area contributed by atoms with Gasteiger partial charge in [0.1, 0.15) is 4.91 Å². The Morgan fingerprint density at radius 2 is 1.30 bits per heavy atom. The summed E-state index contributed by atoms with van der Waals surface area (Å²) in [5.41, 5.74) is 2.44. The Labute approximate surface area is 183 Å². The molecule has 30 heavy (non-hydrogen) atoms.